The summed E-state index contributed by atoms with van der Waals surface area (Å²) in [5.74, 6) is 3.57. The average molecular weight is 244 g/mol. The Kier molecular flexibility index (Phi) is 1.99. The Morgan fingerprint density at radius 1 is 1.56 bits per heavy atom. The molecule has 4 unspecified atom stereocenters. The highest BCUT2D eigenvalue weighted by Gasteiger charge is 2.63. The standard InChI is InChI=1S/C16H20O2/c1-9-11-4-14(11)16(2)6-15-12(5-13(9)16)10(7-17-3)8-18-15/h8,11,13-14H,1,4-7H2,2-3H3. The molecule has 4 rings (SSSR count). The third-order valence-electron chi connectivity index (χ3n) is 5.67. The maximum atomic E-state index is 5.81. The molecule has 0 radical (unpaired) electrons. The molecule has 96 valence electrons. The van der Waals surface area contributed by atoms with Gasteiger partial charge in [0.2, 0.25) is 0 Å². The molecule has 0 amide bonds. The van der Waals surface area contributed by atoms with Crippen LogP contribution in [0.15, 0.2) is 22.8 Å². The number of fused-ring (bicyclic) bond motifs is 4. The molecule has 1 aromatic rings. The van der Waals surface area contributed by atoms with Gasteiger partial charge < -0.3 is 9.15 Å². The fourth-order valence-corrected chi connectivity index (χ4v) is 4.58. The zero-order valence-corrected chi connectivity index (χ0v) is 11.2. The van der Waals surface area contributed by atoms with Gasteiger partial charge in [-0.1, -0.05) is 19.1 Å². The van der Waals surface area contributed by atoms with Gasteiger partial charge in [0.15, 0.2) is 0 Å². The van der Waals surface area contributed by atoms with Crippen molar-refractivity contribution in [3.05, 3.63) is 35.3 Å². The highest BCUT2D eigenvalue weighted by Crippen LogP contribution is 2.69. The van der Waals surface area contributed by atoms with Crippen LogP contribution in [0.25, 0.3) is 0 Å². The minimum Gasteiger partial charge on any atom is -0.469 e. The molecule has 3 aliphatic carbocycles. The van der Waals surface area contributed by atoms with Crippen molar-refractivity contribution in [2.75, 3.05) is 7.11 Å². The first-order valence-corrected chi connectivity index (χ1v) is 6.91. The van der Waals surface area contributed by atoms with Crippen LogP contribution in [0, 0.1) is 23.2 Å². The van der Waals surface area contributed by atoms with Crippen molar-refractivity contribution in [1.82, 2.24) is 0 Å². The van der Waals surface area contributed by atoms with Gasteiger partial charge in [-0.15, -0.1) is 0 Å². The lowest BCUT2D eigenvalue weighted by Crippen LogP contribution is -2.34. The van der Waals surface area contributed by atoms with Crippen LogP contribution in [0.5, 0.6) is 0 Å². The zero-order valence-electron chi connectivity index (χ0n) is 11.2. The fourth-order valence-electron chi connectivity index (χ4n) is 4.58. The Labute approximate surface area is 108 Å². The van der Waals surface area contributed by atoms with Gasteiger partial charge in [0.25, 0.3) is 0 Å². The number of methoxy groups -OCH3 is 1. The topological polar surface area (TPSA) is 22.4 Å². The van der Waals surface area contributed by atoms with Crippen LogP contribution >= 0.6 is 0 Å². The molecule has 0 spiro atoms. The van der Waals surface area contributed by atoms with E-state index in [1.165, 1.54) is 28.9 Å². The molecule has 0 bridgehead atoms. The van der Waals surface area contributed by atoms with Crippen molar-refractivity contribution >= 4 is 0 Å². The SMILES string of the molecule is C=C1C2CC2C2(C)Cc3occ(COC)c3CC12. The Bertz CT molecular complexity index is 527. The van der Waals surface area contributed by atoms with E-state index in [1.54, 1.807) is 7.11 Å². The van der Waals surface area contributed by atoms with E-state index in [9.17, 15) is 0 Å². The van der Waals surface area contributed by atoms with E-state index < -0.39 is 0 Å². The maximum absolute atomic E-state index is 5.81. The summed E-state index contributed by atoms with van der Waals surface area (Å²) in [6.45, 7) is 7.49. The number of ether oxygens (including phenoxy) is 1. The van der Waals surface area contributed by atoms with Crippen molar-refractivity contribution in [3.8, 4) is 0 Å². The van der Waals surface area contributed by atoms with Crippen molar-refractivity contribution in [1.29, 1.82) is 0 Å². The fraction of sp³-hybridized carbons (Fsp3) is 0.625. The average Bonchev–Trinajstić information content (AvgIpc) is 3.03. The van der Waals surface area contributed by atoms with E-state index in [1.807, 2.05) is 6.26 Å². The first-order chi connectivity index (χ1) is 8.65. The Morgan fingerprint density at radius 3 is 3.17 bits per heavy atom. The molecule has 0 saturated heterocycles. The summed E-state index contributed by atoms with van der Waals surface area (Å²) in [6.07, 6.45) is 5.47. The van der Waals surface area contributed by atoms with Crippen LogP contribution in [0.1, 0.15) is 30.2 Å². The highest BCUT2D eigenvalue weighted by molar-refractivity contribution is 5.40. The molecule has 0 aromatic carbocycles. The van der Waals surface area contributed by atoms with E-state index in [-0.39, 0.29) is 0 Å². The maximum Gasteiger partial charge on any atom is 0.107 e. The summed E-state index contributed by atoms with van der Waals surface area (Å²) < 4.78 is 11.1. The summed E-state index contributed by atoms with van der Waals surface area (Å²) in [6, 6.07) is 0. The van der Waals surface area contributed by atoms with Crippen LogP contribution in [0.3, 0.4) is 0 Å². The van der Waals surface area contributed by atoms with Crippen LogP contribution in [-0.2, 0) is 24.2 Å². The molecule has 18 heavy (non-hydrogen) atoms. The smallest absolute Gasteiger partial charge is 0.107 e. The molecule has 0 aliphatic heterocycles. The molecule has 2 heteroatoms. The van der Waals surface area contributed by atoms with Crippen molar-refractivity contribution in [2.24, 2.45) is 23.2 Å². The lowest BCUT2D eigenvalue weighted by atomic mass is 9.65. The lowest BCUT2D eigenvalue weighted by Gasteiger charge is -2.38. The Balaban J connectivity index is 1.74. The van der Waals surface area contributed by atoms with Crippen LogP contribution in [-0.4, -0.2) is 7.11 Å². The molecule has 1 aromatic heterocycles. The van der Waals surface area contributed by atoms with Crippen LogP contribution < -0.4 is 0 Å². The van der Waals surface area contributed by atoms with Gasteiger partial charge in [0, 0.05) is 19.1 Å². The molecule has 3 aliphatic rings. The van der Waals surface area contributed by atoms with E-state index in [0.717, 1.165) is 24.7 Å². The number of furan rings is 1. The largest absolute Gasteiger partial charge is 0.469 e. The first kappa shape index (κ1) is 10.9. The van der Waals surface area contributed by atoms with Gasteiger partial charge in [-0.25, -0.2) is 0 Å². The van der Waals surface area contributed by atoms with Crippen molar-refractivity contribution in [2.45, 2.75) is 32.8 Å². The number of allylic oxidation sites excluding steroid dienone is 1. The highest BCUT2D eigenvalue weighted by atomic mass is 16.5. The summed E-state index contributed by atoms with van der Waals surface area (Å²) in [5.41, 5.74) is 4.57. The Morgan fingerprint density at radius 2 is 2.39 bits per heavy atom. The second-order valence-corrected chi connectivity index (χ2v) is 6.56. The molecule has 0 N–H and O–H groups in total. The lowest BCUT2D eigenvalue weighted by molar-refractivity contribution is 0.170. The molecule has 4 atom stereocenters. The van der Waals surface area contributed by atoms with Gasteiger partial charge in [-0.05, 0) is 41.6 Å². The van der Waals surface area contributed by atoms with Gasteiger partial charge in [0.05, 0.1) is 12.9 Å². The zero-order chi connectivity index (χ0) is 12.5. The van der Waals surface area contributed by atoms with Gasteiger partial charge >= 0.3 is 0 Å². The van der Waals surface area contributed by atoms with E-state index in [4.69, 9.17) is 9.15 Å². The summed E-state index contributed by atoms with van der Waals surface area (Å²) in [4.78, 5) is 0. The number of rotatable bonds is 2. The van der Waals surface area contributed by atoms with E-state index in [2.05, 4.69) is 13.5 Å². The molecule has 2 nitrogen and oxygen atoms in total. The minimum absolute atomic E-state index is 0.414. The molecule has 2 saturated carbocycles. The first-order valence-electron chi connectivity index (χ1n) is 6.91. The second kappa shape index (κ2) is 3.30. The second-order valence-electron chi connectivity index (χ2n) is 6.56. The van der Waals surface area contributed by atoms with Crippen LogP contribution in [0.2, 0.25) is 0 Å². The normalized spacial score (nSPS) is 40.3. The summed E-state index contributed by atoms with van der Waals surface area (Å²) >= 11 is 0. The molecular formula is C16H20O2. The van der Waals surface area contributed by atoms with Crippen molar-refractivity contribution in [3.63, 3.8) is 0 Å². The Hall–Kier alpha value is -1.02. The third-order valence-corrected chi connectivity index (χ3v) is 5.67. The summed E-state index contributed by atoms with van der Waals surface area (Å²) in [7, 11) is 1.75. The van der Waals surface area contributed by atoms with Gasteiger partial charge in [-0.2, -0.15) is 0 Å². The monoisotopic (exact) mass is 244 g/mol. The summed E-state index contributed by atoms with van der Waals surface area (Å²) in [5, 5.41) is 0. The van der Waals surface area contributed by atoms with Crippen LogP contribution in [0.4, 0.5) is 0 Å². The molecule has 1 heterocycles. The molecular weight excluding hydrogens is 224 g/mol. The quantitative estimate of drug-likeness (QED) is 0.744. The number of hydrogen-bond donors (Lipinski definition) is 0. The predicted molar refractivity (Wildman–Crippen MR) is 69.2 cm³/mol. The number of hydrogen-bond acceptors (Lipinski definition) is 2. The van der Waals surface area contributed by atoms with E-state index >= 15 is 0 Å². The predicted octanol–water partition coefficient (Wildman–Crippen LogP) is 3.35. The van der Waals surface area contributed by atoms with Gasteiger partial charge in [0.1, 0.15) is 5.76 Å². The minimum atomic E-state index is 0.414. The molecule has 2 fully saturated rings. The van der Waals surface area contributed by atoms with E-state index in [0.29, 0.717) is 17.9 Å². The van der Waals surface area contributed by atoms with Gasteiger partial charge in [-0.3, -0.25) is 0 Å². The third kappa shape index (κ3) is 1.17. The van der Waals surface area contributed by atoms with Crippen molar-refractivity contribution < 1.29 is 9.15 Å².